The van der Waals surface area contributed by atoms with Gasteiger partial charge in [-0.2, -0.15) is 0 Å². The number of hydrogen-bond acceptors (Lipinski definition) is 7. The minimum absolute atomic E-state index is 0.0174. The Hall–Kier alpha value is -2.82. The maximum Gasteiger partial charge on any atom is 0.255 e. The zero-order valence-electron chi connectivity index (χ0n) is 16.7. The monoisotopic (exact) mass is 434 g/mol. The predicted octanol–water partition coefficient (Wildman–Crippen LogP) is 1.09. The van der Waals surface area contributed by atoms with Crippen molar-refractivity contribution in [3.05, 3.63) is 48.0 Å². The first kappa shape index (κ1) is 21.9. The van der Waals surface area contributed by atoms with Gasteiger partial charge in [-0.25, -0.2) is 8.42 Å². The first-order valence-electron chi connectivity index (χ1n) is 9.58. The molecule has 10 heteroatoms. The molecule has 0 saturated carbocycles. The van der Waals surface area contributed by atoms with Crippen molar-refractivity contribution < 1.29 is 23.1 Å². The third kappa shape index (κ3) is 6.09. The van der Waals surface area contributed by atoms with Gasteiger partial charge in [-0.05, 0) is 42.5 Å². The number of nitrogens with zero attached hydrogens (tertiary/aromatic N) is 1. The molecule has 9 nitrogen and oxygen atoms in total. The average Bonchev–Trinajstić information content (AvgIpc) is 2.73. The van der Waals surface area contributed by atoms with Gasteiger partial charge in [0.25, 0.3) is 5.91 Å². The molecular weight excluding hydrogens is 408 g/mol. The van der Waals surface area contributed by atoms with Crippen LogP contribution in [0.15, 0.2) is 42.5 Å². The molecular formula is C20H26N4O5S. The standard InChI is InChI=1S/C20H26N4O5S/c1-30(27,28)23-18-14-16(4-7-19(18)29-13-12-25)22-20(26)15-2-5-17(6-3-15)24-10-8-21-9-11-24/h2-7,14,21,23,25H,8-13H2,1H3,(H,22,26). The van der Waals surface area contributed by atoms with Crippen molar-refractivity contribution in [3.8, 4) is 5.75 Å². The number of piperazine rings is 1. The first-order chi connectivity index (χ1) is 14.4. The fourth-order valence-corrected chi connectivity index (χ4v) is 3.68. The third-order valence-corrected chi connectivity index (χ3v) is 5.08. The molecule has 0 bridgehead atoms. The molecule has 0 atom stereocenters. The van der Waals surface area contributed by atoms with Gasteiger partial charge in [-0.1, -0.05) is 0 Å². The van der Waals surface area contributed by atoms with Crippen LogP contribution in [0.5, 0.6) is 5.75 Å². The summed E-state index contributed by atoms with van der Waals surface area (Å²) in [4.78, 5) is 14.9. The van der Waals surface area contributed by atoms with Crippen LogP contribution in [0.4, 0.5) is 17.1 Å². The van der Waals surface area contributed by atoms with E-state index in [1.807, 2.05) is 12.1 Å². The summed E-state index contributed by atoms with van der Waals surface area (Å²) in [6, 6.07) is 12.0. The van der Waals surface area contributed by atoms with E-state index in [2.05, 4.69) is 20.3 Å². The van der Waals surface area contributed by atoms with Crippen molar-refractivity contribution in [3.63, 3.8) is 0 Å². The number of nitrogens with one attached hydrogen (secondary N) is 3. The van der Waals surface area contributed by atoms with E-state index in [-0.39, 0.29) is 30.6 Å². The minimum Gasteiger partial charge on any atom is -0.489 e. The number of carbonyl (C=O) groups is 1. The Bertz CT molecular complexity index is 973. The van der Waals surface area contributed by atoms with E-state index in [0.29, 0.717) is 11.3 Å². The molecule has 30 heavy (non-hydrogen) atoms. The molecule has 0 aromatic heterocycles. The highest BCUT2D eigenvalue weighted by atomic mass is 32.2. The average molecular weight is 435 g/mol. The highest BCUT2D eigenvalue weighted by Gasteiger charge is 2.14. The molecule has 0 radical (unpaired) electrons. The number of anilines is 3. The van der Waals surface area contributed by atoms with Crippen molar-refractivity contribution >= 4 is 33.0 Å². The second kappa shape index (κ2) is 9.79. The van der Waals surface area contributed by atoms with Crippen LogP contribution in [0.25, 0.3) is 0 Å². The second-order valence-corrected chi connectivity index (χ2v) is 8.64. The summed E-state index contributed by atoms with van der Waals surface area (Å²) in [6.07, 6.45) is 1.02. The van der Waals surface area contributed by atoms with Crippen LogP contribution in [0.2, 0.25) is 0 Å². The van der Waals surface area contributed by atoms with Crippen LogP contribution >= 0.6 is 0 Å². The Kier molecular flexibility index (Phi) is 7.14. The Labute approximate surface area is 176 Å². The van der Waals surface area contributed by atoms with Crippen LogP contribution in [-0.4, -0.2) is 65.1 Å². The number of rotatable bonds is 8. The molecule has 0 aliphatic carbocycles. The van der Waals surface area contributed by atoms with E-state index in [0.717, 1.165) is 38.1 Å². The van der Waals surface area contributed by atoms with Crippen molar-refractivity contribution in [1.29, 1.82) is 0 Å². The first-order valence-corrected chi connectivity index (χ1v) is 11.5. The lowest BCUT2D eigenvalue weighted by atomic mass is 10.1. The van der Waals surface area contributed by atoms with Crippen LogP contribution in [-0.2, 0) is 10.0 Å². The van der Waals surface area contributed by atoms with Crippen LogP contribution in [0.3, 0.4) is 0 Å². The fourth-order valence-electron chi connectivity index (χ4n) is 3.12. The SMILES string of the molecule is CS(=O)(=O)Nc1cc(NC(=O)c2ccc(N3CCNCC3)cc2)ccc1OCCO. The zero-order chi connectivity index (χ0) is 21.6. The highest BCUT2D eigenvalue weighted by Crippen LogP contribution is 2.29. The number of carbonyl (C=O) groups excluding carboxylic acids is 1. The Balaban J connectivity index is 1.72. The molecule has 1 saturated heterocycles. The molecule has 2 aromatic carbocycles. The number of sulfonamides is 1. The molecule has 162 valence electrons. The summed E-state index contributed by atoms with van der Waals surface area (Å²) in [5.41, 5.74) is 2.15. The maximum atomic E-state index is 12.6. The van der Waals surface area contributed by atoms with Crippen molar-refractivity contribution in [1.82, 2.24) is 5.32 Å². The smallest absolute Gasteiger partial charge is 0.255 e. The number of aliphatic hydroxyl groups excluding tert-OH is 1. The molecule has 2 aromatic rings. The van der Waals surface area contributed by atoms with E-state index in [1.54, 1.807) is 18.2 Å². The molecule has 0 unspecified atom stereocenters. The summed E-state index contributed by atoms with van der Waals surface area (Å²) >= 11 is 0. The van der Waals surface area contributed by atoms with Gasteiger partial charge in [-0.3, -0.25) is 9.52 Å². The number of aliphatic hydroxyl groups is 1. The Morgan fingerprint density at radius 2 is 1.87 bits per heavy atom. The van der Waals surface area contributed by atoms with Crippen molar-refractivity contribution in [2.45, 2.75) is 0 Å². The zero-order valence-corrected chi connectivity index (χ0v) is 17.5. The van der Waals surface area contributed by atoms with E-state index in [9.17, 15) is 13.2 Å². The highest BCUT2D eigenvalue weighted by molar-refractivity contribution is 7.92. The number of hydrogen-bond donors (Lipinski definition) is 4. The van der Waals surface area contributed by atoms with E-state index in [4.69, 9.17) is 9.84 Å². The van der Waals surface area contributed by atoms with Crippen molar-refractivity contribution in [2.75, 3.05) is 60.6 Å². The third-order valence-electron chi connectivity index (χ3n) is 4.49. The largest absolute Gasteiger partial charge is 0.489 e. The topological polar surface area (TPSA) is 120 Å². The van der Waals surface area contributed by atoms with E-state index in [1.165, 1.54) is 12.1 Å². The molecule has 3 rings (SSSR count). The molecule has 1 amide bonds. The summed E-state index contributed by atoms with van der Waals surface area (Å²) in [6.45, 7) is 3.53. The second-order valence-electron chi connectivity index (χ2n) is 6.90. The molecule has 4 N–H and O–H groups in total. The minimum atomic E-state index is -3.55. The fraction of sp³-hybridized carbons (Fsp3) is 0.350. The molecule has 1 fully saturated rings. The lowest BCUT2D eigenvalue weighted by molar-refractivity contribution is 0.102. The molecule has 1 aliphatic heterocycles. The van der Waals surface area contributed by atoms with Crippen LogP contribution in [0.1, 0.15) is 10.4 Å². The van der Waals surface area contributed by atoms with Crippen LogP contribution < -0.4 is 25.0 Å². The Morgan fingerprint density at radius 1 is 1.17 bits per heavy atom. The summed E-state index contributed by atoms with van der Waals surface area (Å²) < 4.78 is 31.0. The van der Waals surface area contributed by atoms with Gasteiger partial charge in [0.2, 0.25) is 10.0 Å². The van der Waals surface area contributed by atoms with Gasteiger partial charge in [0.05, 0.1) is 18.6 Å². The predicted molar refractivity (Wildman–Crippen MR) is 117 cm³/mol. The van der Waals surface area contributed by atoms with Crippen molar-refractivity contribution in [2.24, 2.45) is 0 Å². The summed E-state index contributed by atoms with van der Waals surface area (Å²) in [7, 11) is -3.55. The van der Waals surface area contributed by atoms with Gasteiger partial charge in [0.15, 0.2) is 0 Å². The van der Waals surface area contributed by atoms with Gasteiger partial charge in [-0.15, -0.1) is 0 Å². The van der Waals surface area contributed by atoms with E-state index < -0.39 is 10.0 Å². The van der Waals surface area contributed by atoms with Gasteiger partial charge in [0, 0.05) is 43.1 Å². The van der Waals surface area contributed by atoms with Crippen LogP contribution in [0, 0.1) is 0 Å². The summed E-state index contributed by atoms with van der Waals surface area (Å²) in [5.74, 6) is -0.0518. The quantitative estimate of drug-likeness (QED) is 0.491. The van der Waals surface area contributed by atoms with Gasteiger partial charge in [0.1, 0.15) is 12.4 Å². The number of amides is 1. The molecule has 1 heterocycles. The molecule has 0 spiro atoms. The van der Waals surface area contributed by atoms with Gasteiger partial charge < -0.3 is 25.4 Å². The lowest BCUT2D eigenvalue weighted by Gasteiger charge is -2.29. The maximum absolute atomic E-state index is 12.6. The summed E-state index contributed by atoms with van der Waals surface area (Å²) in [5, 5.41) is 15.0. The number of ether oxygens (including phenoxy) is 1. The Morgan fingerprint density at radius 3 is 2.50 bits per heavy atom. The number of benzene rings is 2. The molecule has 1 aliphatic rings. The van der Waals surface area contributed by atoms with E-state index >= 15 is 0 Å². The van der Waals surface area contributed by atoms with Gasteiger partial charge >= 0.3 is 0 Å². The normalized spacial score (nSPS) is 14.3. The lowest BCUT2D eigenvalue weighted by Crippen LogP contribution is -2.43.